The van der Waals surface area contributed by atoms with Crippen LogP contribution in [0.4, 0.5) is 0 Å². The Bertz CT molecular complexity index is 346. The summed E-state index contributed by atoms with van der Waals surface area (Å²) in [6.45, 7) is 4.35. The van der Waals surface area contributed by atoms with E-state index in [9.17, 15) is 9.59 Å². The van der Waals surface area contributed by atoms with Gasteiger partial charge in [-0.15, -0.1) is 0 Å². The van der Waals surface area contributed by atoms with Gasteiger partial charge in [0.2, 0.25) is 0 Å². The molecule has 26 heavy (non-hydrogen) atoms. The number of hydrogen-bond donors (Lipinski definition) is 0. The molecule has 0 atom stereocenters. The van der Waals surface area contributed by atoms with Gasteiger partial charge in [-0.3, -0.25) is 9.59 Å². The van der Waals surface area contributed by atoms with Crippen LogP contribution in [0.5, 0.6) is 0 Å². The molecular formula is C20H36Na2O4. The van der Waals surface area contributed by atoms with Crippen molar-refractivity contribution in [2.75, 3.05) is 0 Å². The first-order chi connectivity index (χ1) is 11.7. The SMILES string of the molecule is CCCCCCC=COC(=O)CCC(=O)OC=CCCCCCC.[NaH].[NaH]. The van der Waals surface area contributed by atoms with Crippen LogP contribution in [0.3, 0.4) is 0 Å². The van der Waals surface area contributed by atoms with Crippen LogP contribution < -0.4 is 0 Å². The average Bonchev–Trinajstić information content (AvgIpc) is 2.58. The molecule has 0 radical (unpaired) electrons. The Balaban J connectivity index is -0.00000264. The molecule has 0 aliphatic carbocycles. The molecule has 0 aromatic heterocycles. The molecule has 0 bridgehead atoms. The molecule has 0 N–H and O–H groups in total. The van der Waals surface area contributed by atoms with Crippen molar-refractivity contribution in [3.8, 4) is 0 Å². The molecule has 142 valence electrons. The van der Waals surface area contributed by atoms with Gasteiger partial charge in [0.25, 0.3) is 0 Å². The zero-order valence-electron chi connectivity index (χ0n) is 15.4. The summed E-state index contributed by atoms with van der Waals surface area (Å²) >= 11 is 0. The Kier molecular flexibility index (Phi) is 30.4. The molecule has 0 saturated carbocycles. The van der Waals surface area contributed by atoms with Crippen molar-refractivity contribution < 1.29 is 19.1 Å². The van der Waals surface area contributed by atoms with E-state index in [2.05, 4.69) is 13.8 Å². The summed E-state index contributed by atoms with van der Waals surface area (Å²) in [5.41, 5.74) is 0. The van der Waals surface area contributed by atoms with Crippen molar-refractivity contribution in [2.24, 2.45) is 0 Å². The van der Waals surface area contributed by atoms with Crippen LogP contribution in [0.25, 0.3) is 0 Å². The van der Waals surface area contributed by atoms with E-state index in [4.69, 9.17) is 9.47 Å². The monoisotopic (exact) mass is 386 g/mol. The summed E-state index contributed by atoms with van der Waals surface area (Å²) < 4.78 is 9.87. The minimum atomic E-state index is -0.402. The molecule has 0 aromatic carbocycles. The van der Waals surface area contributed by atoms with E-state index in [0.29, 0.717) is 0 Å². The van der Waals surface area contributed by atoms with E-state index in [1.54, 1.807) is 0 Å². The van der Waals surface area contributed by atoms with Crippen molar-refractivity contribution >= 4 is 71.1 Å². The molecule has 0 rings (SSSR count). The summed E-state index contributed by atoms with van der Waals surface area (Å²) in [6.07, 6.45) is 18.0. The number of allylic oxidation sites excluding steroid dienone is 2. The molecular weight excluding hydrogens is 350 g/mol. The number of carbonyl (C=O) groups is 2. The molecule has 0 aliphatic heterocycles. The van der Waals surface area contributed by atoms with Crippen molar-refractivity contribution in [1.82, 2.24) is 0 Å². The second kappa shape index (κ2) is 25.4. The van der Waals surface area contributed by atoms with Crippen molar-refractivity contribution in [1.29, 1.82) is 0 Å². The predicted molar refractivity (Wildman–Crippen MR) is 112 cm³/mol. The van der Waals surface area contributed by atoms with Gasteiger partial charge < -0.3 is 9.47 Å². The Morgan fingerprint density at radius 2 is 1.04 bits per heavy atom. The van der Waals surface area contributed by atoms with Gasteiger partial charge in [-0.25, -0.2) is 0 Å². The molecule has 0 heterocycles. The zero-order chi connectivity index (χ0) is 17.9. The standard InChI is InChI=1S/C20H34O4.2Na.2H/c1-3-5-7-9-11-13-17-23-19(21)15-16-20(22)24-18-14-12-10-8-6-4-2;;;;/h13-14,17-18H,3-12,15-16H2,1-2H3;;;;. The number of rotatable bonds is 15. The van der Waals surface area contributed by atoms with Gasteiger partial charge in [0.15, 0.2) is 0 Å². The molecule has 0 spiro atoms. The maximum atomic E-state index is 11.5. The minimum absolute atomic E-state index is 0. The molecule has 4 nitrogen and oxygen atoms in total. The van der Waals surface area contributed by atoms with Crippen LogP contribution in [-0.4, -0.2) is 71.1 Å². The Hall–Kier alpha value is 0.420. The third-order valence-electron chi connectivity index (χ3n) is 3.57. The quantitative estimate of drug-likeness (QED) is 0.180. The summed E-state index contributed by atoms with van der Waals surface area (Å²) in [7, 11) is 0. The normalized spacial score (nSPS) is 10.4. The molecule has 0 aliphatic rings. The van der Waals surface area contributed by atoms with Crippen LogP contribution in [0.1, 0.15) is 90.9 Å². The van der Waals surface area contributed by atoms with E-state index < -0.39 is 11.9 Å². The summed E-state index contributed by atoms with van der Waals surface area (Å²) in [6, 6.07) is 0. The number of hydrogen-bond acceptors (Lipinski definition) is 4. The van der Waals surface area contributed by atoms with Gasteiger partial charge in [-0.2, -0.15) is 0 Å². The van der Waals surface area contributed by atoms with Crippen LogP contribution in [0, 0.1) is 0 Å². The van der Waals surface area contributed by atoms with Crippen molar-refractivity contribution in [3.05, 3.63) is 24.7 Å². The average molecular weight is 386 g/mol. The van der Waals surface area contributed by atoms with Gasteiger partial charge in [0, 0.05) is 0 Å². The zero-order valence-corrected chi connectivity index (χ0v) is 15.4. The predicted octanol–water partition coefficient (Wildman–Crippen LogP) is 4.52. The number of carbonyl (C=O) groups excluding carboxylic acids is 2. The molecule has 0 amide bonds. The molecule has 6 heteroatoms. The topological polar surface area (TPSA) is 52.6 Å². The number of ether oxygens (including phenoxy) is 2. The third-order valence-corrected chi connectivity index (χ3v) is 3.57. The van der Waals surface area contributed by atoms with Gasteiger partial charge in [0.05, 0.1) is 25.4 Å². The molecule has 0 fully saturated rings. The summed E-state index contributed by atoms with van der Waals surface area (Å²) in [5, 5.41) is 0. The fraction of sp³-hybridized carbons (Fsp3) is 0.700. The van der Waals surface area contributed by atoms with Gasteiger partial charge >= 0.3 is 71.1 Å². The van der Waals surface area contributed by atoms with E-state index in [0.717, 1.165) is 25.7 Å². The van der Waals surface area contributed by atoms with E-state index in [1.807, 2.05) is 12.2 Å². The van der Waals surface area contributed by atoms with Gasteiger partial charge in [-0.05, 0) is 37.8 Å². The molecule has 0 aromatic rings. The third kappa shape index (κ3) is 24.4. The number of unbranched alkanes of at least 4 members (excludes halogenated alkanes) is 8. The Morgan fingerprint density at radius 3 is 1.38 bits per heavy atom. The first kappa shape index (κ1) is 31.1. The van der Waals surface area contributed by atoms with Crippen LogP contribution in [-0.2, 0) is 19.1 Å². The Labute approximate surface area is 204 Å². The summed E-state index contributed by atoms with van der Waals surface area (Å²) in [4.78, 5) is 22.9. The second-order valence-electron chi connectivity index (χ2n) is 5.92. The fourth-order valence-corrected chi connectivity index (χ4v) is 2.08. The first-order valence-corrected chi connectivity index (χ1v) is 9.39. The van der Waals surface area contributed by atoms with Crippen LogP contribution in [0.2, 0.25) is 0 Å². The van der Waals surface area contributed by atoms with E-state index in [1.165, 1.54) is 51.0 Å². The Morgan fingerprint density at radius 1 is 0.654 bits per heavy atom. The second-order valence-corrected chi connectivity index (χ2v) is 5.92. The van der Waals surface area contributed by atoms with Crippen LogP contribution in [0.15, 0.2) is 24.7 Å². The number of esters is 2. The van der Waals surface area contributed by atoms with Gasteiger partial charge in [-0.1, -0.05) is 52.4 Å². The van der Waals surface area contributed by atoms with E-state index in [-0.39, 0.29) is 72.0 Å². The maximum absolute atomic E-state index is 11.5. The van der Waals surface area contributed by atoms with Crippen molar-refractivity contribution in [2.45, 2.75) is 90.9 Å². The summed E-state index contributed by atoms with van der Waals surface area (Å²) in [5.74, 6) is -0.805. The van der Waals surface area contributed by atoms with Gasteiger partial charge in [0.1, 0.15) is 0 Å². The first-order valence-electron chi connectivity index (χ1n) is 9.39. The van der Waals surface area contributed by atoms with Crippen LogP contribution >= 0.6 is 0 Å². The fourth-order valence-electron chi connectivity index (χ4n) is 2.08. The van der Waals surface area contributed by atoms with Crippen molar-refractivity contribution in [3.63, 3.8) is 0 Å². The van der Waals surface area contributed by atoms with E-state index >= 15 is 0 Å². The molecule has 0 unspecified atom stereocenters. The molecule has 0 saturated heterocycles.